The first-order valence-electron chi connectivity index (χ1n) is 33.3. The van der Waals surface area contributed by atoms with E-state index in [-0.39, 0.29) is 6.42 Å². The maximum Gasteiger partial charge on any atom is 0.224 e. The number of aliphatic hydroxyl groups is 23. The van der Waals surface area contributed by atoms with Crippen molar-refractivity contribution in [1.29, 1.82) is 0 Å². The van der Waals surface area contributed by atoms with E-state index >= 15 is 0 Å². The van der Waals surface area contributed by atoms with Crippen molar-refractivity contribution in [2.24, 2.45) is 0 Å². The van der Waals surface area contributed by atoms with Crippen LogP contribution in [-0.2, 0) is 87.0 Å². The Hall–Kier alpha value is -3.65. The average Bonchev–Trinajstić information content (AvgIpc) is 0.775. The van der Waals surface area contributed by atoms with Crippen LogP contribution in [0.25, 0.3) is 11.1 Å². The number of benzene rings is 2. The van der Waals surface area contributed by atoms with Gasteiger partial charge in [0, 0.05) is 6.54 Å². The molecule has 0 radical (unpaired) electrons. The van der Waals surface area contributed by atoms with E-state index in [1.165, 1.54) is 0 Å². The number of hydrogen-bond acceptors (Lipinski definition) is 40. The Morgan fingerprint density at radius 1 is 0.252 bits per heavy atom. The van der Waals surface area contributed by atoms with Crippen molar-refractivity contribution in [3.05, 3.63) is 60.2 Å². The van der Waals surface area contributed by atoms with E-state index in [1.54, 1.807) is 24.3 Å². The number of nitrogens with one attached hydrogen (secondary N) is 1. The van der Waals surface area contributed by atoms with Crippen molar-refractivity contribution in [1.82, 2.24) is 5.32 Å². The quantitative estimate of drug-likeness (QED) is 0.0938. The van der Waals surface area contributed by atoms with Crippen molar-refractivity contribution in [2.45, 2.75) is 252 Å². The lowest BCUT2D eigenvalue weighted by atomic mass is 9.94. The average molecular weight is 1490 g/mol. The number of rotatable bonds is 12. The lowest BCUT2D eigenvalue weighted by Gasteiger charge is -2.50. The van der Waals surface area contributed by atoms with Crippen LogP contribution in [0.3, 0.4) is 0 Å². The number of ether oxygens (including phenoxy) is 16. The van der Waals surface area contributed by atoms with Gasteiger partial charge in [-0.3, -0.25) is 4.79 Å². The fourth-order valence-electron chi connectivity index (χ4n) is 13.8. The van der Waals surface area contributed by atoms with E-state index in [9.17, 15) is 122 Å². The summed E-state index contributed by atoms with van der Waals surface area (Å²) in [6.07, 6.45) is -83.2. The minimum Gasteiger partial charge on any atom is -0.394 e. The lowest BCUT2D eigenvalue weighted by molar-refractivity contribution is -0.403. The molecule has 40 atom stereocenters. The Morgan fingerprint density at radius 2 is 0.447 bits per heavy atom. The first kappa shape index (κ1) is 80.4. The smallest absolute Gasteiger partial charge is 0.224 e. The van der Waals surface area contributed by atoms with Gasteiger partial charge in [-0.25, -0.2) is 0 Å². The highest BCUT2D eigenvalue weighted by Gasteiger charge is 2.60. The van der Waals surface area contributed by atoms with Gasteiger partial charge in [0.15, 0.2) is 50.3 Å². The third kappa shape index (κ3) is 16.8. The maximum absolute atomic E-state index is 13.7. The SMILES string of the molecule is O=C(Cc1ccc(-c2ccccc2)cc1)NC[C@H]1O[C@@H]2O[C@H]3[C@H](O)[C@@H](O)[C@@H](O[C@H]4[C@H](O)[C@@H](O)[C@@H](O[C@H]5[C@H](O)[C@@H](O)[C@@H](O[C@H]6[C@H](O)[C@@H](O)[C@@H](O[C@H]7[C@H](O)[C@@H](O)[C@@H](O[C@H]8[C@H](O)[C@@H](O)[C@@H](O[C@H]9[C@H](O)[C@@H](O)[C@@H](O[C@H]1[C@H](O)[C@H]2O)O[C@@H]9CO)O[C@@H]8CO)O[C@@H]7CO)O[C@@H]6CO)O[C@@H]5CO)O[C@@H]4CO)O[C@@H]3CO. The van der Waals surface area contributed by atoms with Gasteiger partial charge in [-0.15, -0.1) is 0 Å². The summed E-state index contributed by atoms with van der Waals surface area (Å²) in [4.78, 5) is 13.7. The third-order valence-corrected chi connectivity index (χ3v) is 19.6. The number of amides is 1. The van der Waals surface area contributed by atoms with Crippen molar-refractivity contribution in [3.63, 3.8) is 0 Å². The zero-order valence-electron chi connectivity index (χ0n) is 54.4. The molecule has 0 aromatic heterocycles. The maximum atomic E-state index is 13.7. The monoisotopic (exact) mass is 1490 g/mol. The molecule has 30 fully saturated rings. The Labute approximate surface area is 583 Å². The van der Waals surface area contributed by atoms with Gasteiger partial charge in [0.2, 0.25) is 5.91 Å². The fraction of sp³-hybridized carbons (Fsp3) is 0.790. The fourth-order valence-corrected chi connectivity index (χ4v) is 13.8. The predicted octanol–water partition coefficient (Wildman–Crippen LogP) is -14.4. The Morgan fingerprint density at radius 3 is 0.660 bits per heavy atom. The molecular formula is C62H91NO40. The van der Waals surface area contributed by atoms with Gasteiger partial charge < -0.3 is 199 Å². The van der Waals surface area contributed by atoms with Gasteiger partial charge in [0.1, 0.15) is 195 Å². The highest BCUT2D eigenvalue weighted by molar-refractivity contribution is 5.79. The molecule has 584 valence electrons. The molecule has 41 heteroatoms. The number of carbonyl (C=O) groups excluding carboxylic acids is 1. The summed E-state index contributed by atoms with van der Waals surface area (Å²) in [5.41, 5.74) is 2.26. The van der Waals surface area contributed by atoms with Crippen LogP contribution < -0.4 is 5.32 Å². The van der Waals surface area contributed by atoms with Crippen molar-refractivity contribution >= 4 is 5.91 Å². The number of carbonyl (C=O) groups is 1. The topological polar surface area (TPSA) is 642 Å². The van der Waals surface area contributed by atoms with Gasteiger partial charge in [-0.1, -0.05) is 54.6 Å². The lowest BCUT2D eigenvalue weighted by Crippen LogP contribution is -2.69. The predicted molar refractivity (Wildman–Crippen MR) is 323 cm³/mol. The minimum absolute atomic E-state index is 0.249. The summed E-state index contributed by atoms with van der Waals surface area (Å²) in [6, 6.07) is 16.3. The summed E-state index contributed by atoms with van der Waals surface area (Å²) in [5.74, 6) is -0.657. The van der Waals surface area contributed by atoms with Gasteiger partial charge in [0.25, 0.3) is 0 Å². The second kappa shape index (κ2) is 34.9. The summed E-state index contributed by atoms with van der Waals surface area (Å²) in [6.45, 7) is -8.32. The van der Waals surface area contributed by atoms with Gasteiger partial charge >= 0.3 is 0 Å². The van der Waals surface area contributed by atoms with Crippen LogP contribution in [-0.4, -0.2) is 422 Å². The second-order valence-corrected chi connectivity index (χ2v) is 26.3. The van der Waals surface area contributed by atoms with Gasteiger partial charge in [0.05, 0.1) is 52.7 Å². The molecule has 30 aliphatic heterocycles. The molecule has 30 saturated heterocycles. The van der Waals surface area contributed by atoms with E-state index in [2.05, 4.69) is 5.32 Å². The Balaban J connectivity index is 0.863. The molecule has 2 aromatic carbocycles. The number of hydrogen-bond donors (Lipinski definition) is 24. The summed E-state index contributed by atoms with van der Waals surface area (Å²) in [5, 5.41) is 262. The molecule has 0 unspecified atom stereocenters. The van der Waals surface area contributed by atoms with Crippen LogP contribution in [0, 0.1) is 0 Å². The van der Waals surface area contributed by atoms with Crippen LogP contribution in [0.1, 0.15) is 5.56 Å². The minimum atomic E-state index is -2.30. The van der Waals surface area contributed by atoms with E-state index in [4.69, 9.17) is 75.8 Å². The standard InChI is InChI=1S/C62H91NO40/c64-12-23-48-33(74)41(82)57(90-23)99-50-25(14-66)92-59(43(84)35(50)76)101-52-27(16-68)94-61(45(86)37(52)78)103-54-29(18-70)95-62(46(87)38(54)79)102-53-28(17-69)93-60(44(85)36(53)77)100-51-26(15-67)91-58(42(83)34(51)75)98-49-24(13-65)89-56(40(81)32(49)73)96-47-22(88-55(97-48)39(80)31(47)72)11-63-30(71)10-19-6-8-21(9-7-19)20-4-2-1-3-5-20/h1-9,22-29,31-62,64-70,72-87H,10-18H2,(H,63,71)/t22-,23-,24-,25-,26-,27-,28-,29-,31-,32-,33-,34-,35-,36-,37-,38-,39-,40-,41-,42-,43-,44-,45-,46-,47-,48-,49-,50-,51-,52-,53-,54-,55-,56-,57-,58-,59-,60-,61-,62-/m1/s1. The van der Waals surface area contributed by atoms with Gasteiger partial charge in [-0.2, -0.15) is 0 Å². The van der Waals surface area contributed by atoms with Crippen LogP contribution in [0.2, 0.25) is 0 Å². The van der Waals surface area contributed by atoms with E-state index in [1.807, 2.05) is 30.3 Å². The van der Waals surface area contributed by atoms with E-state index < -0.39 is 304 Å². The molecule has 2 aromatic rings. The van der Waals surface area contributed by atoms with Crippen LogP contribution in [0.5, 0.6) is 0 Å². The summed E-state index contributed by atoms with van der Waals surface area (Å²) >= 11 is 0. The Kier molecular flexibility index (Phi) is 27.3. The molecule has 0 spiro atoms. The highest BCUT2D eigenvalue weighted by Crippen LogP contribution is 2.40. The molecule has 16 bridgehead atoms. The normalized spacial score (nSPS) is 48.9. The van der Waals surface area contributed by atoms with Crippen LogP contribution >= 0.6 is 0 Å². The van der Waals surface area contributed by atoms with Crippen molar-refractivity contribution < 1.29 is 198 Å². The van der Waals surface area contributed by atoms with E-state index in [0.717, 1.165) is 11.1 Å². The van der Waals surface area contributed by atoms with Crippen molar-refractivity contribution in [3.8, 4) is 11.1 Å². The first-order chi connectivity index (χ1) is 49.3. The number of aliphatic hydroxyl groups excluding tert-OH is 23. The second-order valence-electron chi connectivity index (χ2n) is 26.3. The molecule has 24 N–H and O–H groups in total. The third-order valence-electron chi connectivity index (χ3n) is 19.6. The highest BCUT2D eigenvalue weighted by atomic mass is 16.8. The molecule has 30 heterocycles. The molecule has 0 saturated carbocycles. The van der Waals surface area contributed by atoms with E-state index in [0.29, 0.717) is 5.56 Å². The molecule has 32 rings (SSSR count). The zero-order chi connectivity index (χ0) is 74.2. The van der Waals surface area contributed by atoms with Crippen molar-refractivity contribution in [2.75, 3.05) is 52.8 Å². The molecule has 41 nitrogen and oxygen atoms in total. The molecule has 1 amide bonds. The van der Waals surface area contributed by atoms with Crippen LogP contribution in [0.4, 0.5) is 0 Å². The largest absolute Gasteiger partial charge is 0.394 e. The molecule has 103 heavy (non-hydrogen) atoms. The molecule has 0 aliphatic carbocycles. The summed E-state index contributed by atoms with van der Waals surface area (Å²) < 4.78 is 93.1. The Bertz CT molecular complexity index is 2940. The zero-order valence-corrected chi connectivity index (χ0v) is 54.4. The molecule has 30 aliphatic rings. The molecular weight excluding hydrogens is 1400 g/mol. The first-order valence-corrected chi connectivity index (χ1v) is 33.3. The van der Waals surface area contributed by atoms with Crippen LogP contribution in [0.15, 0.2) is 54.6 Å². The summed E-state index contributed by atoms with van der Waals surface area (Å²) in [7, 11) is 0. The van der Waals surface area contributed by atoms with Gasteiger partial charge in [-0.05, 0) is 16.7 Å².